The van der Waals surface area contributed by atoms with Crippen molar-refractivity contribution in [3.8, 4) is 0 Å². The zero-order valence-corrected chi connectivity index (χ0v) is 13.1. The van der Waals surface area contributed by atoms with Crippen LogP contribution in [0.4, 0.5) is 0 Å². The fourth-order valence-electron chi connectivity index (χ4n) is 2.45. The van der Waals surface area contributed by atoms with Gasteiger partial charge < -0.3 is 9.13 Å². The van der Waals surface area contributed by atoms with Gasteiger partial charge in [-0.15, -0.1) is 21.8 Å². The summed E-state index contributed by atoms with van der Waals surface area (Å²) in [6, 6.07) is 5.77. The Morgan fingerprint density at radius 1 is 1.19 bits per heavy atom. The van der Waals surface area contributed by atoms with Crippen molar-refractivity contribution < 1.29 is 0 Å². The lowest BCUT2D eigenvalue weighted by Gasteiger charge is -2.09. The number of imidazole rings is 1. The number of rotatable bonds is 5. The molecule has 21 heavy (non-hydrogen) atoms. The summed E-state index contributed by atoms with van der Waals surface area (Å²) < 4.78 is 4.05. The molecule has 0 aliphatic rings. The highest BCUT2D eigenvalue weighted by Crippen LogP contribution is 2.25. The minimum absolute atomic E-state index is 0.533. The molecule has 2 aromatic heterocycles. The summed E-state index contributed by atoms with van der Waals surface area (Å²) in [5, 5.41) is 8.72. The normalized spacial score (nSPS) is 11.4. The number of fused-ring (bicyclic) bond motifs is 1. The van der Waals surface area contributed by atoms with Crippen LogP contribution < -0.4 is 0 Å². The predicted octanol–water partition coefficient (Wildman–Crippen LogP) is 2.84. The molecule has 3 aromatic rings. The Hall–Kier alpha value is -1.59. The first kappa shape index (κ1) is 14.4. The van der Waals surface area contributed by atoms with Crippen LogP contribution in [0.2, 0.25) is 5.02 Å². The van der Waals surface area contributed by atoms with E-state index in [1.807, 2.05) is 29.8 Å². The largest absolute Gasteiger partial charge is 0.326 e. The molecule has 0 saturated heterocycles. The van der Waals surface area contributed by atoms with Crippen molar-refractivity contribution in [1.29, 1.82) is 0 Å². The van der Waals surface area contributed by atoms with Gasteiger partial charge in [0.05, 0.1) is 16.1 Å². The molecule has 0 aliphatic heterocycles. The number of aryl methyl sites for hydroxylation is 4. The maximum atomic E-state index is 6.34. The van der Waals surface area contributed by atoms with E-state index in [0.29, 0.717) is 17.3 Å². The van der Waals surface area contributed by atoms with Crippen molar-refractivity contribution in [1.82, 2.24) is 24.3 Å². The maximum absolute atomic E-state index is 6.34. The van der Waals surface area contributed by atoms with Crippen LogP contribution in [0.25, 0.3) is 11.0 Å². The van der Waals surface area contributed by atoms with E-state index < -0.39 is 0 Å². The highest BCUT2D eigenvalue weighted by Gasteiger charge is 2.13. The third-order valence-corrected chi connectivity index (χ3v) is 3.97. The molecule has 0 fully saturated rings. The smallest absolute Gasteiger partial charge is 0.134 e. The molecule has 7 heteroatoms. The number of alkyl halides is 1. The molecule has 0 atom stereocenters. The average Bonchev–Trinajstić information content (AvgIpc) is 3.02. The van der Waals surface area contributed by atoms with E-state index in [0.717, 1.165) is 35.6 Å². The Balaban J connectivity index is 1.98. The Morgan fingerprint density at radius 3 is 2.76 bits per heavy atom. The van der Waals surface area contributed by atoms with Crippen molar-refractivity contribution in [3.05, 3.63) is 41.2 Å². The first-order chi connectivity index (χ1) is 10.2. The van der Waals surface area contributed by atoms with E-state index in [1.54, 1.807) is 6.33 Å². The maximum Gasteiger partial charge on any atom is 0.134 e. The quantitative estimate of drug-likeness (QED) is 0.678. The summed E-state index contributed by atoms with van der Waals surface area (Å²) >= 11 is 12.2. The van der Waals surface area contributed by atoms with Gasteiger partial charge in [0.15, 0.2) is 0 Å². The number of aromatic nitrogens is 5. The lowest BCUT2D eigenvalue weighted by atomic mass is 10.3. The summed E-state index contributed by atoms with van der Waals surface area (Å²) in [7, 11) is 1.94. The fraction of sp³-hybridized carbons (Fsp3) is 0.357. The predicted molar refractivity (Wildman–Crippen MR) is 83.9 cm³/mol. The van der Waals surface area contributed by atoms with Gasteiger partial charge in [-0.25, -0.2) is 4.98 Å². The molecule has 3 rings (SSSR count). The Kier molecular flexibility index (Phi) is 4.12. The van der Waals surface area contributed by atoms with Crippen LogP contribution in [-0.2, 0) is 26.4 Å². The average molecular weight is 324 g/mol. The lowest BCUT2D eigenvalue weighted by molar-refractivity contribution is 0.637. The van der Waals surface area contributed by atoms with Crippen LogP contribution in [-0.4, -0.2) is 30.2 Å². The molecule has 0 saturated carbocycles. The van der Waals surface area contributed by atoms with Crippen molar-refractivity contribution in [2.24, 2.45) is 7.05 Å². The van der Waals surface area contributed by atoms with Crippen LogP contribution in [0.1, 0.15) is 11.6 Å². The number of hydrogen-bond donors (Lipinski definition) is 0. The first-order valence-corrected chi connectivity index (χ1v) is 7.64. The second-order valence-corrected chi connectivity index (χ2v) is 5.62. The van der Waals surface area contributed by atoms with E-state index >= 15 is 0 Å². The van der Waals surface area contributed by atoms with E-state index in [4.69, 9.17) is 23.2 Å². The van der Waals surface area contributed by atoms with Crippen LogP contribution in [0.5, 0.6) is 0 Å². The second kappa shape index (κ2) is 6.03. The van der Waals surface area contributed by atoms with Gasteiger partial charge in [0.2, 0.25) is 0 Å². The number of benzene rings is 1. The first-order valence-electron chi connectivity index (χ1n) is 6.73. The topological polar surface area (TPSA) is 48.5 Å². The van der Waals surface area contributed by atoms with Gasteiger partial charge >= 0.3 is 0 Å². The minimum atomic E-state index is 0.533. The van der Waals surface area contributed by atoms with Crippen molar-refractivity contribution in [3.63, 3.8) is 0 Å². The zero-order chi connectivity index (χ0) is 14.8. The van der Waals surface area contributed by atoms with Gasteiger partial charge in [0.1, 0.15) is 18.0 Å². The van der Waals surface area contributed by atoms with Crippen LogP contribution >= 0.6 is 23.2 Å². The van der Waals surface area contributed by atoms with Crippen molar-refractivity contribution in [2.75, 3.05) is 5.88 Å². The minimum Gasteiger partial charge on any atom is -0.326 e. The number of halogens is 2. The third kappa shape index (κ3) is 2.76. The molecular weight excluding hydrogens is 309 g/mol. The Bertz CT molecular complexity index is 762. The van der Waals surface area contributed by atoms with Crippen LogP contribution in [0, 0.1) is 0 Å². The van der Waals surface area contributed by atoms with E-state index in [-0.39, 0.29) is 0 Å². The monoisotopic (exact) mass is 323 g/mol. The summed E-state index contributed by atoms with van der Waals surface area (Å²) in [6.07, 6.45) is 3.18. The van der Waals surface area contributed by atoms with E-state index in [1.165, 1.54) is 0 Å². The Labute approximate surface area is 132 Å². The molecule has 0 aliphatic carbocycles. The Morgan fingerprint density at radius 2 is 2.05 bits per heavy atom. The standard InChI is InChI=1S/C14H15Cl2N5/c1-20-9-17-19-13(20)6-8-21-12(5-7-15)18-11-4-2-3-10(16)14(11)21/h2-4,9H,5-8H2,1H3. The van der Waals surface area contributed by atoms with E-state index in [2.05, 4.69) is 19.7 Å². The zero-order valence-electron chi connectivity index (χ0n) is 11.6. The van der Waals surface area contributed by atoms with Crippen molar-refractivity contribution in [2.45, 2.75) is 19.4 Å². The molecular formula is C14H15Cl2N5. The number of para-hydroxylation sites is 1. The van der Waals surface area contributed by atoms with Crippen molar-refractivity contribution >= 4 is 34.2 Å². The van der Waals surface area contributed by atoms with Gasteiger partial charge in [-0.05, 0) is 12.1 Å². The SMILES string of the molecule is Cn1cnnc1CCn1c(CCCl)nc2cccc(Cl)c21. The number of nitrogens with zero attached hydrogens (tertiary/aromatic N) is 5. The van der Waals surface area contributed by atoms with Gasteiger partial charge in [-0.3, -0.25) is 0 Å². The third-order valence-electron chi connectivity index (χ3n) is 3.48. The molecule has 1 aromatic carbocycles. The summed E-state index contributed by atoms with van der Waals surface area (Å²) in [5.41, 5.74) is 1.86. The molecule has 0 N–H and O–H groups in total. The lowest BCUT2D eigenvalue weighted by Crippen LogP contribution is -2.09. The van der Waals surface area contributed by atoms with Gasteiger partial charge in [-0.2, -0.15) is 0 Å². The van der Waals surface area contributed by atoms with Gasteiger partial charge in [-0.1, -0.05) is 17.7 Å². The van der Waals surface area contributed by atoms with Crippen LogP contribution in [0.3, 0.4) is 0 Å². The highest BCUT2D eigenvalue weighted by atomic mass is 35.5. The second-order valence-electron chi connectivity index (χ2n) is 4.83. The molecule has 0 radical (unpaired) electrons. The molecule has 0 bridgehead atoms. The molecule has 110 valence electrons. The molecule has 2 heterocycles. The summed E-state index contributed by atoms with van der Waals surface area (Å²) in [5.74, 6) is 2.42. The molecule has 0 spiro atoms. The highest BCUT2D eigenvalue weighted by molar-refractivity contribution is 6.35. The fourth-order valence-corrected chi connectivity index (χ4v) is 2.89. The molecule has 0 amide bonds. The molecule has 5 nitrogen and oxygen atoms in total. The van der Waals surface area contributed by atoms with Gasteiger partial charge in [0, 0.05) is 32.3 Å². The molecule has 0 unspecified atom stereocenters. The van der Waals surface area contributed by atoms with Gasteiger partial charge in [0.25, 0.3) is 0 Å². The summed E-state index contributed by atoms with van der Waals surface area (Å²) in [6.45, 7) is 0.749. The van der Waals surface area contributed by atoms with E-state index in [9.17, 15) is 0 Å². The summed E-state index contributed by atoms with van der Waals surface area (Å²) in [4.78, 5) is 4.64. The van der Waals surface area contributed by atoms with Crippen LogP contribution in [0.15, 0.2) is 24.5 Å². The number of hydrogen-bond acceptors (Lipinski definition) is 3.